The Morgan fingerprint density at radius 1 is 1.05 bits per heavy atom. The van der Waals surface area contributed by atoms with Gasteiger partial charge >= 0.3 is 0 Å². The summed E-state index contributed by atoms with van der Waals surface area (Å²) in [6.07, 6.45) is 1.78. The van der Waals surface area contributed by atoms with Crippen molar-refractivity contribution in [3.8, 4) is 11.3 Å². The third kappa shape index (κ3) is 4.50. The number of rotatable bonds is 4. The normalized spacial score (nSPS) is 10.4. The lowest BCUT2D eigenvalue weighted by atomic mass is 10.2. The first-order chi connectivity index (χ1) is 10.3. The molecule has 0 bridgehead atoms. The Morgan fingerprint density at radius 3 is 2.50 bits per heavy atom. The molecule has 0 aliphatic heterocycles. The fourth-order valence-electron chi connectivity index (χ4n) is 1.78. The number of nitrogens with zero attached hydrogens (tertiary/aromatic N) is 2. The number of benzene rings is 2. The molecule has 0 radical (unpaired) electrons. The highest BCUT2D eigenvalue weighted by molar-refractivity contribution is 9.10. The predicted octanol–water partition coefficient (Wildman–Crippen LogP) is 5.60. The van der Waals surface area contributed by atoms with Gasteiger partial charge in [0.15, 0.2) is 0 Å². The summed E-state index contributed by atoms with van der Waals surface area (Å²) in [6.45, 7) is 0. The van der Waals surface area contributed by atoms with E-state index in [0.717, 1.165) is 26.4 Å². The summed E-state index contributed by atoms with van der Waals surface area (Å²) in [6, 6.07) is 18.0. The van der Waals surface area contributed by atoms with Crippen LogP contribution in [0.5, 0.6) is 0 Å². The zero-order chi connectivity index (χ0) is 14.5. The minimum absolute atomic E-state index is 0. The maximum atomic E-state index is 4.52. The van der Waals surface area contributed by atoms with E-state index in [1.54, 1.807) is 6.21 Å². The lowest BCUT2D eigenvalue weighted by molar-refractivity contribution is 1.29. The molecule has 6 heteroatoms. The Morgan fingerprint density at radius 2 is 1.77 bits per heavy atom. The molecule has 0 fully saturated rings. The molecular weight excluding hydrogens is 426 g/mol. The van der Waals surface area contributed by atoms with E-state index in [2.05, 4.69) is 31.4 Å². The highest BCUT2D eigenvalue weighted by atomic mass is 79.9. The van der Waals surface area contributed by atoms with E-state index in [4.69, 9.17) is 0 Å². The van der Waals surface area contributed by atoms with Crippen LogP contribution in [0, 0.1) is 0 Å². The van der Waals surface area contributed by atoms with Gasteiger partial charge in [0.25, 0.3) is 0 Å². The summed E-state index contributed by atoms with van der Waals surface area (Å²) >= 11 is 4.97. The monoisotopic (exact) mass is 437 g/mol. The van der Waals surface area contributed by atoms with Gasteiger partial charge in [0.1, 0.15) is 0 Å². The van der Waals surface area contributed by atoms with Gasteiger partial charge in [-0.15, -0.1) is 28.3 Å². The van der Waals surface area contributed by atoms with Gasteiger partial charge < -0.3 is 0 Å². The average molecular weight is 439 g/mol. The molecule has 1 N–H and O–H groups in total. The molecule has 0 aliphatic carbocycles. The number of nitrogens with one attached hydrogen (secondary N) is 1. The Hall–Kier alpha value is -1.50. The standard InChI is InChI=1S/C16H12BrN3S.BrH/c17-14-8-6-13(7-9-14)15-11-21-16(19-15)20-18-10-12-4-2-1-3-5-12;/h1-11H,(H,19,20);1H/b18-10+;. The smallest absolute Gasteiger partial charge is 0.203 e. The molecule has 0 saturated heterocycles. The van der Waals surface area contributed by atoms with Crippen LogP contribution in [0.1, 0.15) is 5.56 Å². The van der Waals surface area contributed by atoms with E-state index in [0.29, 0.717) is 0 Å². The Kier molecular flexibility index (Phi) is 6.30. The number of hydrogen-bond acceptors (Lipinski definition) is 4. The lowest BCUT2D eigenvalue weighted by Crippen LogP contribution is -1.89. The molecule has 112 valence electrons. The molecule has 0 aliphatic rings. The van der Waals surface area contributed by atoms with Crippen molar-refractivity contribution in [2.75, 3.05) is 5.43 Å². The fourth-order valence-corrected chi connectivity index (χ4v) is 2.71. The van der Waals surface area contributed by atoms with Crippen LogP contribution in [-0.4, -0.2) is 11.2 Å². The highest BCUT2D eigenvalue weighted by Crippen LogP contribution is 2.25. The molecule has 0 unspecified atom stereocenters. The van der Waals surface area contributed by atoms with Crippen molar-refractivity contribution in [1.29, 1.82) is 0 Å². The van der Waals surface area contributed by atoms with Crippen LogP contribution in [-0.2, 0) is 0 Å². The number of halogens is 2. The second-order valence-corrected chi connectivity index (χ2v) is 6.10. The second kappa shape index (κ2) is 8.22. The number of hydrazone groups is 1. The third-order valence-corrected chi connectivity index (χ3v) is 4.09. The minimum atomic E-state index is 0. The van der Waals surface area contributed by atoms with Gasteiger partial charge in [-0.1, -0.05) is 58.4 Å². The molecule has 2 aromatic carbocycles. The zero-order valence-corrected chi connectivity index (χ0v) is 15.6. The number of anilines is 1. The zero-order valence-electron chi connectivity index (χ0n) is 11.4. The van der Waals surface area contributed by atoms with Gasteiger partial charge in [-0.3, -0.25) is 5.43 Å². The second-order valence-electron chi connectivity index (χ2n) is 4.33. The van der Waals surface area contributed by atoms with Crippen LogP contribution in [0.15, 0.2) is 69.6 Å². The highest BCUT2D eigenvalue weighted by Gasteiger charge is 2.03. The Balaban J connectivity index is 0.00000176. The summed E-state index contributed by atoms with van der Waals surface area (Å²) in [4.78, 5) is 4.52. The molecule has 1 heterocycles. The largest absolute Gasteiger partial charge is 0.253 e. The number of aromatic nitrogens is 1. The van der Waals surface area contributed by atoms with E-state index in [-0.39, 0.29) is 17.0 Å². The van der Waals surface area contributed by atoms with E-state index >= 15 is 0 Å². The molecular formula is C16H13Br2N3S. The lowest BCUT2D eigenvalue weighted by Gasteiger charge is -1.96. The molecule has 22 heavy (non-hydrogen) atoms. The molecule has 1 aromatic heterocycles. The quantitative estimate of drug-likeness (QED) is 0.425. The van der Waals surface area contributed by atoms with Gasteiger partial charge in [-0.25, -0.2) is 4.98 Å². The van der Waals surface area contributed by atoms with Crippen LogP contribution in [0.25, 0.3) is 11.3 Å². The van der Waals surface area contributed by atoms with Crippen LogP contribution in [0.4, 0.5) is 5.13 Å². The fraction of sp³-hybridized carbons (Fsp3) is 0. The van der Waals surface area contributed by atoms with Gasteiger partial charge in [0.05, 0.1) is 11.9 Å². The SMILES string of the molecule is Br.Brc1ccc(-c2csc(N/N=C/c3ccccc3)n2)cc1. The summed E-state index contributed by atoms with van der Waals surface area (Å²) in [5.74, 6) is 0. The summed E-state index contributed by atoms with van der Waals surface area (Å²) in [5.41, 5.74) is 6.05. The summed E-state index contributed by atoms with van der Waals surface area (Å²) < 4.78 is 1.06. The first kappa shape index (κ1) is 16.9. The van der Waals surface area contributed by atoms with Crippen LogP contribution in [0.3, 0.4) is 0 Å². The molecule has 0 saturated carbocycles. The van der Waals surface area contributed by atoms with Crippen molar-refractivity contribution in [3.63, 3.8) is 0 Å². The average Bonchev–Trinajstić information content (AvgIpc) is 2.98. The van der Waals surface area contributed by atoms with Crippen molar-refractivity contribution in [2.45, 2.75) is 0 Å². The molecule has 0 spiro atoms. The van der Waals surface area contributed by atoms with Crippen molar-refractivity contribution >= 4 is 55.6 Å². The van der Waals surface area contributed by atoms with E-state index < -0.39 is 0 Å². The van der Waals surface area contributed by atoms with E-state index in [1.807, 2.05) is 60.0 Å². The molecule has 3 rings (SSSR count). The predicted molar refractivity (Wildman–Crippen MR) is 103 cm³/mol. The van der Waals surface area contributed by atoms with Crippen LogP contribution in [0.2, 0.25) is 0 Å². The Labute approximate surface area is 152 Å². The number of thiazole rings is 1. The molecule has 0 amide bonds. The molecule has 0 atom stereocenters. The third-order valence-electron chi connectivity index (χ3n) is 2.82. The van der Waals surface area contributed by atoms with E-state index in [9.17, 15) is 0 Å². The molecule has 3 nitrogen and oxygen atoms in total. The minimum Gasteiger partial charge on any atom is -0.253 e. The van der Waals surface area contributed by atoms with Crippen LogP contribution >= 0.6 is 44.2 Å². The van der Waals surface area contributed by atoms with Crippen molar-refractivity contribution in [3.05, 3.63) is 70.0 Å². The van der Waals surface area contributed by atoms with Gasteiger partial charge in [0, 0.05) is 15.4 Å². The van der Waals surface area contributed by atoms with Gasteiger partial charge in [-0.2, -0.15) is 5.10 Å². The number of hydrogen-bond donors (Lipinski definition) is 1. The Bertz CT molecular complexity index is 740. The van der Waals surface area contributed by atoms with E-state index in [1.165, 1.54) is 11.3 Å². The van der Waals surface area contributed by atoms with Crippen molar-refractivity contribution in [2.24, 2.45) is 5.10 Å². The maximum absolute atomic E-state index is 4.52. The van der Waals surface area contributed by atoms with Gasteiger partial charge in [-0.05, 0) is 17.7 Å². The van der Waals surface area contributed by atoms with Crippen molar-refractivity contribution in [1.82, 2.24) is 4.98 Å². The summed E-state index contributed by atoms with van der Waals surface area (Å²) in [7, 11) is 0. The topological polar surface area (TPSA) is 37.3 Å². The maximum Gasteiger partial charge on any atom is 0.203 e. The van der Waals surface area contributed by atoms with Crippen molar-refractivity contribution < 1.29 is 0 Å². The summed E-state index contributed by atoms with van der Waals surface area (Å²) in [5, 5.41) is 6.99. The van der Waals surface area contributed by atoms with Gasteiger partial charge in [0.2, 0.25) is 5.13 Å². The first-order valence-electron chi connectivity index (χ1n) is 6.37. The molecule has 3 aromatic rings. The first-order valence-corrected chi connectivity index (χ1v) is 8.04. The van der Waals surface area contributed by atoms with Crippen LogP contribution < -0.4 is 5.43 Å².